The summed E-state index contributed by atoms with van der Waals surface area (Å²) in [5, 5.41) is 13.4. The fourth-order valence-electron chi connectivity index (χ4n) is 2.60. The maximum absolute atomic E-state index is 12.4. The number of carboxylic acids is 1. The van der Waals surface area contributed by atoms with Crippen molar-refractivity contribution in [3.63, 3.8) is 0 Å². The molecule has 1 N–H and O–H groups in total. The first-order valence-corrected chi connectivity index (χ1v) is 9.42. The van der Waals surface area contributed by atoms with E-state index in [4.69, 9.17) is 0 Å². The number of anilines is 1. The third-order valence-corrected chi connectivity index (χ3v) is 5.40. The van der Waals surface area contributed by atoms with E-state index in [0.717, 1.165) is 11.3 Å². The molecule has 2 amide bonds. The molecule has 0 saturated carbocycles. The number of aromatic carboxylic acids is 1. The molecule has 0 aromatic heterocycles. The van der Waals surface area contributed by atoms with Gasteiger partial charge < -0.3 is 15.2 Å². The van der Waals surface area contributed by atoms with Crippen molar-refractivity contribution >= 4 is 46.1 Å². The molecule has 7 nitrogen and oxygen atoms in total. The molecule has 2 aromatic rings. The zero-order chi connectivity index (χ0) is 20.3. The van der Waals surface area contributed by atoms with E-state index in [0.29, 0.717) is 10.9 Å². The highest BCUT2D eigenvalue weighted by molar-refractivity contribution is 8.15. The number of nitrogens with zero attached hydrogens (tertiary/aromatic N) is 2. The molecule has 1 fully saturated rings. The number of nitrogens with one attached hydrogen (secondary N) is 1. The van der Waals surface area contributed by atoms with Crippen LogP contribution in [0.15, 0.2) is 53.5 Å². The van der Waals surface area contributed by atoms with Gasteiger partial charge in [-0.2, -0.15) is 0 Å². The first kappa shape index (κ1) is 19.6. The number of aliphatic imine (C=N–C) groups is 1. The van der Waals surface area contributed by atoms with E-state index in [2.05, 4.69) is 10.3 Å². The SMILES string of the molecule is Cc1ccc(N=C2S[C@H](CC(=O)Nc3ccc(C(=O)[O-])cc3)C(=O)N2C)cc1. The minimum absolute atomic E-state index is 0.0109. The first-order chi connectivity index (χ1) is 13.3. The first-order valence-electron chi connectivity index (χ1n) is 8.54. The van der Waals surface area contributed by atoms with Crippen LogP contribution < -0.4 is 10.4 Å². The smallest absolute Gasteiger partial charge is 0.242 e. The number of hydrogen-bond acceptors (Lipinski definition) is 6. The van der Waals surface area contributed by atoms with Crippen molar-refractivity contribution in [1.82, 2.24) is 4.90 Å². The van der Waals surface area contributed by atoms with Crippen molar-refractivity contribution in [1.29, 1.82) is 0 Å². The minimum Gasteiger partial charge on any atom is -0.545 e. The van der Waals surface area contributed by atoms with Gasteiger partial charge in [-0.25, -0.2) is 4.99 Å². The van der Waals surface area contributed by atoms with Crippen molar-refractivity contribution in [3.8, 4) is 0 Å². The molecular formula is C20H18N3O4S-. The number of carboxylic acid groups (broad SMARTS) is 1. The van der Waals surface area contributed by atoms with Crippen LogP contribution >= 0.6 is 11.8 Å². The van der Waals surface area contributed by atoms with Gasteiger partial charge in [-0.3, -0.25) is 14.5 Å². The van der Waals surface area contributed by atoms with E-state index in [1.54, 1.807) is 7.05 Å². The van der Waals surface area contributed by atoms with Crippen LogP contribution in [0.4, 0.5) is 11.4 Å². The van der Waals surface area contributed by atoms with Gasteiger partial charge in [-0.15, -0.1) is 0 Å². The van der Waals surface area contributed by atoms with Crippen LogP contribution in [0.5, 0.6) is 0 Å². The molecule has 144 valence electrons. The summed E-state index contributed by atoms with van der Waals surface area (Å²) < 4.78 is 0. The molecule has 1 saturated heterocycles. The maximum atomic E-state index is 12.4. The number of carbonyl (C=O) groups is 3. The van der Waals surface area contributed by atoms with E-state index >= 15 is 0 Å². The zero-order valence-corrected chi connectivity index (χ0v) is 16.2. The fraction of sp³-hybridized carbons (Fsp3) is 0.200. The average molecular weight is 396 g/mol. The second-order valence-corrected chi connectivity index (χ2v) is 7.52. The van der Waals surface area contributed by atoms with Gasteiger partial charge in [0.05, 0.1) is 11.7 Å². The van der Waals surface area contributed by atoms with E-state index in [1.807, 2.05) is 31.2 Å². The standard InChI is InChI=1S/C20H19N3O4S/c1-12-3-7-15(8-4-12)22-20-23(2)18(25)16(28-20)11-17(24)21-14-9-5-13(6-10-14)19(26)27/h3-10,16H,11H2,1-2H3,(H,21,24)(H,26,27)/p-1/t16-/m1/s1. The molecule has 8 heteroatoms. The number of aryl methyl sites for hydroxylation is 1. The molecule has 28 heavy (non-hydrogen) atoms. The van der Waals surface area contributed by atoms with Crippen LogP contribution in [0.25, 0.3) is 0 Å². The lowest BCUT2D eigenvalue weighted by atomic mass is 10.2. The Morgan fingerprint density at radius 1 is 1.14 bits per heavy atom. The summed E-state index contributed by atoms with van der Waals surface area (Å²) in [6, 6.07) is 13.3. The van der Waals surface area contributed by atoms with Crippen LogP contribution in [-0.4, -0.2) is 40.1 Å². The Bertz CT molecular complexity index is 939. The second-order valence-electron chi connectivity index (χ2n) is 6.35. The Hall–Kier alpha value is -3.13. The Balaban J connectivity index is 1.63. The number of thioether (sulfide) groups is 1. The van der Waals surface area contributed by atoms with Crippen LogP contribution in [0.3, 0.4) is 0 Å². The lowest BCUT2D eigenvalue weighted by Crippen LogP contribution is -2.30. The molecule has 0 unspecified atom stereocenters. The minimum atomic E-state index is -1.28. The molecule has 0 spiro atoms. The summed E-state index contributed by atoms with van der Waals surface area (Å²) in [6.07, 6.45) is -0.0109. The van der Waals surface area contributed by atoms with Gasteiger partial charge in [-0.1, -0.05) is 41.6 Å². The van der Waals surface area contributed by atoms with Crippen LogP contribution in [0.2, 0.25) is 0 Å². The van der Waals surface area contributed by atoms with Crippen molar-refractivity contribution in [2.24, 2.45) is 4.99 Å². The normalized spacial score (nSPS) is 17.8. The number of amides is 2. The molecule has 1 atom stereocenters. The van der Waals surface area contributed by atoms with Gasteiger partial charge in [0, 0.05) is 19.2 Å². The Labute approximate surface area is 166 Å². The molecular weight excluding hydrogens is 378 g/mol. The molecule has 0 radical (unpaired) electrons. The zero-order valence-electron chi connectivity index (χ0n) is 15.3. The number of amidine groups is 1. The summed E-state index contributed by atoms with van der Waals surface area (Å²) in [5.74, 6) is -1.80. The number of rotatable bonds is 5. The van der Waals surface area contributed by atoms with Crippen molar-refractivity contribution in [3.05, 3.63) is 59.7 Å². The molecule has 3 rings (SSSR count). The predicted octanol–water partition coefficient (Wildman–Crippen LogP) is 1.95. The molecule has 0 aliphatic carbocycles. The third-order valence-electron chi connectivity index (χ3n) is 4.17. The number of carbonyl (C=O) groups excluding carboxylic acids is 3. The third kappa shape index (κ3) is 4.58. The molecule has 1 aliphatic heterocycles. The van der Waals surface area contributed by atoms with Crippen LogP contribution in [0.1, 0.15) is 22.3 Å². The van der Waals surface area contributed by atoms with E-state index in [9.17, 15) is 19.5 Å². The summed E-state index contributed by atoms with van der Waals surface area (Å²) in [5.41, 5.74) is 2.34. The second kappa shape index (κ2) is 8.26. The summed E-state index contributed by atoms with van der Waals surface area (Å²) >= 11 is 1.25. The summed E-state index contributed by atoms with van der Waals surface area (Å²) in [4.78, 5) is 41.4. The van der Waals surface area contributed by atoms with Gasteiger partial charge in [0.15, 0.2) is 5.17 Å². The predicted molar refractivity (Wildman–Crippen MR) is 106 cm³/mol. The van der Waals surface area contributed by atoms with Gasteiger partial charge >= 0.3 is 0 Å². The average Bonchev–Trinajstić information content (AvgIpc) is 2.92. The summed E-state index contributed by atoms with van der Waals surface area (Å²) in [6.45, 7) is 1.98. The Morgan fingerprint density at radius 2 is 1.79 bits per heavy atom. The summed E-state index contributed by atoms with van der Waals surface area (Å²) in [7, 11) is 1.64. The number of benzene rings is 2. The monoisotopic (exact) mass is 396 g/mol. The highest BCUT2D eigenvalue weighted by atomic mass is 32.2. The van der Waals surface area contributed by atoms with Crippen LogP contribution in [0, 0.1) is 6.92 Å². The van der Waals surface area contributed by atoms with Crippen molar-refractivity contribution < 1.29 is 19.5 Å². The van der Waals surface area contributed by atoms with Crippen molar-refractivity contribution in [2.75, 3.05) is 12.4 Å². The van der Waals surface area contributed by atoms with Gasteiger partial charge in [0.2, 0.25) is 11.8 Å². The molecule has 1 heterocycles. The lowest BCUT2D eigenvalue weighted by molar-refractivity contribution is -0.255. The largest absolute Gasteiger partial charge is 0.545 e. The lowest BCUT2D eigenvalue weighted by Gasteiger charge is -2.10. The molecule has 2 aromatic carbocycles. The molecule has 1 aliphatic rings. The van der Waals surface area contributed by atoms with Gasteiger partial charge in [0.1, 0.15) is 5.25 Å². The topological polar surface area (TPSA) is 102 Å². The van der Waals surface area contributed by atoms with E-state index < -0.39 is 11.2 Å². The van der Waals surface area contributed by atoms with E-state index in [-0.39, 0.29) is 23.8 Å². The van der Waals surface area contributed by atoms with Crippen LogP contribution in [-0.2, 0) is 9.59 Å². The number of hydrogen-bond donors (Lipinski definition) is 1. The molecule has 0 bridgehead atoms. The van der Waals surface area contributed by atoms with E-state index in [1.165, 1.54) is 40.9 Å². The highest BCUT2D eigenvalue weighted by Crippen LogP contribution is 2.30. The van der Waals surface area contributed by atoms with Crippen molar-refractivity contribution in [2.45, 2.75) is 18.6 Å². The Morgan fingerprint density at radius 3 is 2.39 bits per heavy atom. The van der Waals surface area contributed by atoms with Gasteiger partial charge in [-0.05, 0) is 36.8 Å². The maximum Gasteiger partial charge on any atom is 0.242 e. The fourth-order valence-corrected chi connectivity index (χ4v) is 3.75. The Kier molecular flexibility index (Phi) is 5.79. The van der Waals surface area contributed by atoms with Gasteiger partial charge in [0.25, 0.3) is 0 Å². The highest BCUT2D eigenvalue weighted by Gasteiger charge is 2.36. The quantitative estimate of drug-likeness (QED) is 0.832.